The molecule has 2 amide bonds. The van der Waals surface area contributed by atoms with Crippen LogP contribution >= 0.6 is 0 Å². The predicted octanol–water partition coefficient (Wildman–Crippen LogP) is 4.97. The fourth-order valence-electron chi connectivity index (χ4n) is 3.34. The van der Waals surface area contributed by atoms with Crippen LogP contribution in [-0.4, -0.2) is 36.9 Å². The van der Waals surface area contributed by atoms with Crippen LogP contribution in [0.15, 0.2) is 78.9 Å². The third-order valence-electron chi connectivity index (χ3n) is 5.14. The summed E-state index contributed by atoms with van der Waals surface area (Å²) >= 11 is 0. The van der Waals surface area contributed by atoms with Crippen LogP contribution in [-0.2, 0) is 4.79 Å². The SMILES string of the molecule is CCOc1ccc(NC(=O)c2ccc(NC(=O)C(c3ccccc3)N(C)CC)cc2)cc1. The Morgan fingerprint density at radius 3 is 2.03 bits per heavy atom. The van der Waals surface area contributed by atoms with Crippen molar-refractivity contribution in [1.82, 2.24) is 4.90 Å². The molecule has 0 aliphatic rings. The van der Waals surface area contributed by atoms with Crippen molar-refractivity contribution in [2.75, 3.05) is 30.8 Å². The van der Waals surface area contributed by atoms with Gasteiger partial charge in [0, 0.05) is 16.9 Å². The molecular formula is C26H29N3O3. The average Bonchev–Trinajstić information content (AvgIpc) is 2.81. The Morgan fingerprint density at radius 2 is 1.44 bits per heavy atom. The van der Waals surface area contributed by atoms with Crippen molar-refractivity contribution >= 4 is 23.2 Å². The average molecular weight is 432 g/mol. The summed E-state index contributed by atoms with van der Waals surface area (Å²) in [5.74, 6) is 0.417. The summed E-state index contributed by atoms with van der Waals surface area (Å²) < 4.78 is 5.41. The first-order chi connectivity index (χ1) is 15.5. The van der Waals surface area contributed by atoms with Crippen molar-refractivity contribution in [3.05, 3.63) is 90.0 Å². The van der Waals surface area contributed by atoms with Crippen LogP contribution in [0.2, 0.25) is 0 Å². The molecule has 166 valence electrons. The van der Waals surface area contributed by atoms with Crippen molar-refractivity contribution < 1.29 is 14.3 Å². The Morgan fingerprint density at radius 1 is 0.844 bits per heavy atom. The molecule has 3 rings (SSSR count). The molecule has 32 heavy (non-hydrogen) atoms. The number of nitrogens with zero attached hydrogens (tertiary/aromatic N) is 1. The highest BCUT2D eigenvalue weighted by atomic mass is 16.5. The summed E-state index contributed by atoms with van der Waals surface area (Å²) in [4.78, 5) is 27.5. The van der Waals surface area contributed by atoms with E-state index in [1.165, 1.54) is 0 Å². The zero-order valence-corrected chi connectivity index (χ0v) is 18.7. The number of carbonyl (C=O) groups excluding carboxylic acids is 2. The largest absolute Gasteiger partial charge is 0.494 e. The number of benzene rings is 3. The van der Waals surface area contributed by atoms with Gasteiger partial charge in [-0.2, -0.15) is 0 Å². The summed E-state index contributed by atoms with van der Waals surface area (Å²) in [5, 5.41) is 5.83. The molecule has 0 saturated heterocycles. The summed E-state index contributed by atoms with van der Waals surface area (Å²) in [7, 11) is 1.92. The molecule has 6 heteroatoms. The zero-order chi connectivity index (χ0) is 22.9. The number of anilines is 2. The van der Waals surface area contributed by atoms with Gasteiger partial charge in [0.2, 0.25) is 5.91 Å². The van der Waals surface area contributed by atoms with E-state index in [0.717, 1.165) is 17.9 Å². The van der Waals surface area contributed by atoms with Gasteiger partial charge in [-0.15, -0.1) is 0 Å². The lowest BCUT2D eigenvalue weighted by molar-refractivity contribution is -0.121. The number of ether oxygens (including phenoxy) is 1. The minimum atomic E-state index is -0.399. The molecule has 0 radical (unpaired) electrons. The number of likely N-dealkylation sites (N-methyl/N-ethyl adjacent to an activating group) is 1. The molecule has 0 aromatic heterocycles. The van der Waals surface area contributed by atoms with Crippen molar-refractivity contribution in [3.8, 4) is 5.75 Å². The number of rotatable bonds is 9. The van der Waals surface area contributed by atoms with Crippen molar-refractivity contribution in [2.45, 2.75) is 19.9 Å². The molecule has 0 aliphatic heterocycles. The van der Waals surface area contributed by atoms with Gasteiger partial charge in [-0.25, -0.2) is 0 Å². The molecule has 3 aromatic carbocycles. The molecule has 1 atom stereocenters. The van der Waals surface area contributed by atoms with Crippen LogP contribution in [0.1, 0.15) is 35.8 Å². The third-order valence-corrected chi connectivity index (χ3v) is 5.14. The van der Waals surface area contributed by atoms with Gasteiger partial charge in [0.1, 0.15) is 11.8 Å². The van der Waals surface area contributed by atoms with Gasteiger partial charge < -0.3 is 15.4 Å². The third kappa shape index (κ3) is 5.95. The zero-order valence-electron chi connectivity index (χ0n) is 18.7. The molecule has 0 bridgehead atoms. The number of hydrogen-bond donors (Lipinski definition) is 2. The van der Waals surface area contributed by atoms with E-state index in [2.05, 4.69) is 10.6 Å². The molecule has 1 unspecified atom stereocenters. The maximum atomic E-state index is 13.0. The van der Waals surface area contributed by atoms with Gasteiger partial charge in [0.25, 0.3) is 5.91 Å². The lowest BCUT2D eigenvalue weighted by Gasteiger charge is -2.26. The lowest BCUT2D eigenvalue weighted by Crippen LogP contribution is -2.34. The maximum absolute atomic E-state index is 13.0. The minimum absolute atomic E-state index is 0.118. The Kier molecular flexibility index (Phi) is 8.00. The summed E-state index contributed by atoms with van der Waals surface area (Å²) in [6.45, 7) is 5.26. The Hall–Kier alpha value is -3.64. The number of amides is 2. The Labute approximate surface area is 189 Å². The highest BCUT2D eigenvalue weighted by Gasteiger charge is 2.24. The Bertz CT molecular complexity index is 1020. The minimum Gasteiger partial charge on any atom is -0.494 e. The second-order valence-electron chi connectivity index (χ2n) is 7.36. The first kappa shape index (κ1) is 23.0. The van der Waals surface area contributed by atoms with E-state index in [4.69, 9.17) is 4.74 Å². The van der Waals surface area contributed by atoms with E-state index < -0.39 is 6.04 Å². The first-order valence-electron chi connectivity index (χ1n) is 10.7. The van der Waals surface area contributed by atoms with E-state index in [9.17, 15) is 9.59 Å². The van der Waals surface area contributed by atoms with Gasteiger partial charge in [-0.1, -0.05) is 37.3 Å². The highest BCUT2D eigenvalue weighted by molar-refractivity contribution is 6.04. The molecule has 0 spiro atoms. The number of hydrogen-bond acceptors (Lipinski definition) is 4. The van der Waals surface area contributed by atoms with Crippen LogP contribution < -0.4 is 15.4 Å². The second-order valence-corrected chi connectivity index (χ2v) is 7.36. The van der Waals surface area contributed by atoms with Crippen LogP contribution in [0.3, 0.4) is 0 Å². The van der Waals surface area contributed by atoms with Crippen LogP contribution in [0, 0.1) is 0 Å². The molecule has 0 aliphatic carbocycles. The second kappa shape index (κ2) is 11.1. The van der Waals surface area contributed by atoms with E-state index in [-0.39, 0.29) is 11.8 Å². The predicted molar refractivity (Wildman–Crippen MR) is 128 cm³/mol. The normalized spacial score (nSPS) is 11.6. The molecule has 3 aromatic rings. The highest BCUT2D eigenvalue weighted by Crippen LogP contribution is 2.22. The van der Waals surface area contributed by atoms with E-state index in [1.807, 2.05) is 68.3 Å². The molecule has 0 heterocycles. The Balaban J connectivity index is 1.65. The first-order valence-corrected chi connectivity index (χ1v) is 10.7. The molecule has 0 fully saturated rings. The smallest absolute Gasteiger partial charge is 0.255 e. The molecule has 2 N–H and O–H groups in total. The summed E-state index contributed by atoms with van der Waals surface area (Å²) in [6.07, 6.45) is 0. The standard InChI is InChI=1S/C26H29N3O3/c1-4-29(3)24(19-9-7-6-8-10-19)26(31)28-21-13-11-20(12-14-21)25(30)27-22-15-17-23(18-16-22)32-5-2/h6-18,24H,4-5H2,1-3H3,(H,27,30)(H,28,31). The van der Waals surface area contributed by atoms with E-state index in [0.29, 0.717) is 23.5 Å². The van der Waals surface area contributed by atoms with E-state index >= 15 is 0 Å². The van der Waals surface area contributed by atoms with Crippen molar-refractivity contribution in [3.63, 3.8) is 0 Å². The van der Waals surface area contributed by atoms with Crippen LogP contribution in [0.4, 0.5) is 11.4 Å². The molecule has 6 nitrogen and oxygen atoms in total. The maximum Gasteiger partial charge on any atom is 0.255 e. The van der Waals surface area contributed by atoms with Gasteiger partial charge >= 0.3 is 0 Å². The van der Waals surface area contributed by atoms with Crippen molar-refractivity contribution in [2.24, 2.45) is 0 Å². The number of carbonyl (C=O) groups is 2. The van der Waals surface area contributed by atoms with Crippen LogP contribution in [0.25, 0.3) is 0 Å². The van der Waals surface area contributed by atoms with Gasteiger partial charge in [-0.3, -0.25) is 14.5 Å². The molecular weight excluding hydrogens is 402 g/mol. The van der Waals surface area contributed by atoms with Gasteiger partial charge in [0.15, 0.2) is 0 Å². The fraction of sp³-hybridized carbons (Fsp3) is 0.231. The fourth-order valence-corrected chi connectivity index (χ4v) is 3.34. The number of nitrogens with one attached hydrogen (secondary N) is 2. The van der Waals surface area contributed by atoms with Gasteiger partial charge in [-0.05, 0) is 74.6 Å². The lowest BCUT2D eigenvalue weighted by atomic mass is 10.0. The molecule has 0 saturated carbocycles. The van der Waals surface area contributed by atoms with Crippen LogP contribution in [0.5, 0.6) is 5.75 Å². The quantitative estimate of drug-likeness (QED) is 0.502. The van der Waals surface area contributed by atoms with Gasteiger partial charge in [0.05, 0.1) is 6.61 Å². The summed E-state index contributed by atoms with van der Waals surface area (Å²) in [5.41, 5.74) is 2.75. The monoisotopic (exact) mass is 431 g/mol. The van der Waals surface area contributed by atoms with Crippen molar-refractivity contribution in [1.29, 1.82) is 0 Å². The van der Waals surface area contributed by atoms with E-state index in [1.54, 1.807) is 36.4 Å². The topological polar surface area (TPSA) is 70.7 Å². The summed E-state index contributed by atoms with van der Waals surface area (Å²) in [6, 6.07) is 23.4.